The van der Waals surface area contributed by atoms with Gasteiger partial charge in [0.05, 0.1) is 18.5 Å². The highest BCUT2D eigenvalue weighted by Crippen LogP contribution is 2.44. The summed E-state index contributed by atoms with van der Waals surface area (Å²) in [5.41, 5.74) is 6.68. The summed E-state index contributed by atoms with van der Waals surface area (Å²) in [6, 6.07) is 15.2. The second-order valence-corrected chi connectivity index (χ2v) is 8.14. The van der Waals surface area contributed by atoms with Crippen LogP contribution in [0.5, 0.6) is 5.75 Å². The highest BCUT2D eigenvalue weighted by atomic mass is 16.5. The Hall–Kier alpha value is -3.25. The number of rotatable bonds is 4. The zero-order chi connectivity index (χ0) is 20.1. The normalized spacial score (nSPS) is 20.4. The van der Waals surface area contributed by atoms with Gasteiger partial charge in [0, 0.05) is 60.8 Å². The lowest BCUT2D eigenvalue weighted by Crippen LogP contribution is -2.38. The average molecular weight is 397 g/mol. The number of hydrogen-bond acceptors (Lipinski definition) is 5. The molecule has 150 valence electrons. The Bertz CT molecular complexity index is 1220. The van der Waals surface area contributed by atoms with Gasteiger partial charge >= 0.3 is 0 Å². The fourth-order valence-corrected chi connectivity index (χ4v) is 5.12. The topological polar surface area (TPSA) is 55.6 Å². The van der Waals surface area contributed by atoms with E-state index in [4.69, 9.17) is 14.8 Å². The van der Waals surface area contributed by atoms with Crippen LogP contribution in [-0.2, 0) is 13.0 Å². The molecule has 6 heteroatoms. The molecule has 0 amide bonds. The van der Waals surface area contributed by atoms with Crippen molar-refractivity contribution in [3.63, 3.8) is 0 Å². The van der Waals surface area contributed by atoms with E-state index in [0.29, 0.717) is 12.1 Å². The smallest absolute Gasteiger partial charge is 0.155 e. The molecule has 2 aliphatic rings. The summed E-state index contributed by atoms with van der Waals surface area (Å²) in [6.45, 7) is 0.937. The van der Waals surface area contributed by atoms with Crippen molar-refractivity contribution in [3.05, 3.63) is 77.9 Å². The van der Waals surface area contributed by atoms with Crippen molar-refractivity contribution in [2.24, 2.45) is 0 Å². The number of para-hydroxylation sites is 1. The highest BCUT2D eigenvalue weighted by molar-refractivity contribution is 5.70. The Kier molecular flexibility index (Phi) is 4.06. The zero-order valence-corrected chi connectivity index (χ0v) is 16.9. The molecule has 2 atom stereocenters. The number of aromatic nitrogens is 4. The first-order valence-electron chi connectivity index (χ1n) is 10.5. The Labute approximate surface area is 175 Å². The molecule has 1 saturated heterocycles. The Morgan fingerprint density at radius 2 is 2.03 bits per heavy atom. The van der Waals surface area contributed by atoms with E-state index in [1.165, 1.54) is 29.7 Å². The predicted molar refractivity (Wildman–Crippen MR) is 114 cm³/mol. The maximum Gasteiger partial charge on any atom is 0.155 e. The monoisotopic (exact) mass is 397 g/mol. The van der Waals surface area contributed by atoms with Crippen LogP contribution in [0.4, 0.5) is 0 Å². The minimum absolute atomic E-state index is 0.398. The van der Waals surface area contributed by atoms with Gasteiger partial charge in [0.2, 0.25) is 0 Å². The molecule has 30 heavy (non-hydrogen) atoms. The van der Waals surface area contributed by atoms with Crippen LogP contribution in [0.15, 0.2) is 61.1 Å². The third-order valence-electron chi connectivity index (χ3n) is 6.52. The number of pyridine rings is 1. The molecule has 0 spiro atoms. The van der Waals surface area contributed by atoms with E-state index in [2.05, 4.69) is 32.7 Å². The van der Waals surface area contributed by atoms with Gasteiger partial charge in [0.25, 0.3) is 0 Å². The van der Waals surface area contributed by atoms with Crippen LogP contribution in [0.1, 0.15) is 35.7 Å². The van der Waals surface area contributed by atoms with Crippen LogP contribution < -0.4 is 4.74 Å². The molecule has 0 unspecified atom stereocenters. The molecular formula is C24H23N5O. The lowest BCUT2D eigenvalue weighted by molar-refractivity contribution is 0.165. The van der Waals surface area contributed by atoms with Crippen LogP contribution in [0.25, 0.3) is 16.9 Å². The second kappa shape index (κ2) is 6.92. The summed E-state index contributed by atoms with van der Waals surface area (Å²) >= 11 is 0. The number of ether oxygens (including phenoxy) is 1. The highest BCUT2D eigenvalue weighted by Gasteiger charge is 2.41. The number of benzene rings is 1. The van der Waals surface area contributed by atoms with Gasteiger partial charge in [-0.3, -0.25) is 9.88 Å². The standard InChI is InChI=1S/C24H23N5O/c1-30-23-7-3-2-6-18(23)20-12-24-26-14-19-21-9-8-17(11-22(19)29(24)27-20)28(21)15-16-5-4-10-25-13-16/h2-7,10,12-14,17,21H,8-9,11,15H2,1H3/t17-,21-/m0/s1. The second-order valence-electron chi connectivity index (χ2n) is 8.14. The molecule has 2 aliphatic heterocycles. The van der Waals surface area contributed by atoms with E-state index in [1.54, 1.807) is 7.11 Å². The lowest BCUT2D eigenvalue weighted by Gasteiger charge is -2.36. The van der Waals surface area contributed by atoms with Crippen molar-refractivity contribution < 1.29 is 4.74 Å². The van der Waals surface area contributed by atoms with Gasteiger partial charge in [0.1, 0.15) is 5.75 Å². The van der Waals surface area contributed by atoms with Crippen molar-refractivity contribution in [1.29, 1.82) is 0 Å². The van der Waals surface area contributed by atoms with Crippen molar-refractivity contribution in [2.45, 2.75) is 37.9 Å². The summed E-state index contributed by atoms with van der Waals surface area (Å²) < 4.78 is 7.60. The number of nitrogens with zero attached hydrogens (tertiary/aromatic N) is 5. The van der Waals surface area contributed by atoms with Crippen LogP contribution in [0, 0.1) is 0 Å². The SMILES string of the molecule is COc1ccccc1-c1cc2ncc3c(n2n1)C[C@@H]1CC[C@@H]3N1Cc1cccnc1. The fourth-order valence-electron chi connectivity index (χ4n) is 5.12. The molecule has 4 aromatic rings. The summed E-state index contributed by atoms with van der Waals surface area (Å²) in [6.07, 6.45) is 9.26. The van der Waals surface area contributed by atoms with E-state index in [1.807, 2.05) is 42.7 Å². The lowest BCUT2D eigenvalue weighted by atomic mass is 9.98. The molecule has 3 aromatic heterocycles. The zero-order valence-electron chi connectivity index (χ0n) is 16.9. The van der Waals surface area contributed by atoms with Crippen LogP contribution >= 0.6 is 0 Å². The van der Waals surface area contributed by atoms with Crippen molar-refractivity contribution in [2.75, 3.05) is 7.11 Å². The molecule has 1 aromatic carbocycles. The minimum Gasteiger partial charge on any atom is -0.496 e. The summed E-state index contributed by atoms with van der Waals surface area (Å²) in [5.74, 6) is 0.831. The Balaban J connectivity index is 1.40. The quantitative estimate of drug-likeness (QED) is 0.520. The van der Waals surface area contributed by atoms with E-state index >= 15 is 0 Å². The Morgan fingerprint density at radius 1 is 1.10 bits per heavy atom. The third-order valence-corrected chi connectivity index (χ3v) is 6.52. The predicted octanol–water partition coefficient (Wildman–Crippen LogP) is 4.06. The molecule has 5 heterocycles. The van der Waals surface area contributed by atoms with E-state index in [0.717, 1.165) is 35.6 Å². The van der Waals surface area contributed by atoms with Gasteiger partial charge in [-0.25, -0.2) is 9.50 Å². The first kappa shape index (κ1) is 17.6. The molecule has 0 saturated carbocycles. The van der Waals surface area contributed by atoms with Gasteiger partial charge in [0.15, 0.2) is 5.65 Å². The molecule has 2 bridgehead atoms. The molecular weight excluding hydrogens is 374 g/mol. The number of methoxy groups -OCH3 is 1. The van der Waals surface area contributed by atoms with Crippen LogP contribution in [0.2, 0.25) is 0 Å². The number of hydrogen-bond donors (Lipinski definition) is 0. The van der Waals surface area contributed by atoms with Crippen molar-refractivity contribution >= 4 is 5.65 Å². The molecule has 0 N–H and O–H groups in total. The third kappa shape index (κ3) is 2.71. The molecule has 6 rings (SSSR count). The maximum atomic E-state index is 5.54. The summed E-state index contributed by atoms with van der Waals surface area (Å²) in [7, 11) is 1.70. The maximum absolute atomic E-state index is 5.54. The first-order chi connectivity index (χ1) is 14.8. The van der Waals surface area contributed by atoms with Crippen molar-refractivity contribution in [3.8, 4) is 17.0 Å². The largest absolute Gasteiger partial charge is 0.496 e. The van der Waals surface area contributed by atoms with Gasteiger partial charge in [-0.1, -0.05) is 18.2 Å². The van der Waals surface area contributed by atoms with Gasteiger partial charge < -0.3 is 4.74 Å². The number of fused-ring (bicyclic) bond motifs is 6. The van der Waals surface area contributed by atoms with Crippen molar-refractivity contribution in [1.82, 2.24) is 24.5 Å². The summed E-state index contributed by atoms with van der Waals surface area (Å²) in [5, 5.41) is 4.96. The molecule has 0 radical (unpaired) electrons. The fraction of sp³-hybridized carbons (Fsp3) is 0.292. The van der Waals surface area contributed by atoms with Gasteiger partial charge in [-0.15, -0.1) is 0 Å². The minimum atomic E-state index is 0.398. The van der Waals surface area contributed by atoms with Crippen LogP contribution in [0.3, 0.4) is 0 Å². The Morgan fingerprint density at radius 3 is 2.90 bits per heavy atom. The van der Waals surface area contributed by atoms with E-state index in [9.17, 15) is 0 Å². The molecule has 1 fully saturated rings. The summed E-state index contributed by atoms with van der Waals surface area (Å²) in [4.78, 5) is 11.7. The molecule has 6 nitrogen and oxygen atoms in total. The molecule has 0 aliphatic carbocycles. The van der Waals surface area contributed by atoms with Crippen LogP contribution in [-0.4, -0.2) is 37.6 Å². The van der Waals surface area contributed by atoms with E-state index < -0.39 is 0 Å². The van der Waals surface area contributed by atoms with Gasteiger partial charge in [-0.2, -0.15) is 5.10 Å². The first-order valence-corrected chi connectivity index (χ1v) is 10.5. The average Bonchev–Trinajstić information content (AvgIpc) is 3.34. The van der Waals surface area contributed by atoms with Gasteiger partial charge in [-0.05, 0) is 36.6 Å². The van der Waals surface area contributed by atoms with E-state index in [-0.39, 0.29) is 0 Å².